The van der Waals surface area contributed by atoms with Gasteiger partial charge in [0.25, 0.3) is 0 Å². The molecule has 0 bridgehead atoms. The minimum atomic E-state index is 0.334. The molecule has 0 saturated carbocycles. The molecule has 1 unspecified atom stereocenters. The van der Waals surface area contributed by atoms with Crippen molar-refractivity contribution in [3.05, 3.63) is 11.9 Å². The molecule has 0 amide bonds. The number of aromatic nitrogens is 2. The van der Waals surface area contributed by atoms with Gasteiger partial charge in [-0.25, -0.2) is 4.98 Å². The molecule has 1 atom stereocenters. The predicted molar refractivity (Wildman–Crippen MR) is 74.4 cm³/mol. The zero-order valence-corrected chi connectivity index (χ0v) is 12.2. The minimum absolute atomic E-state index is 0.334. The molecule has 0 spiro atoms. The van der Waals surface area contributed by atoms with Gasteiger partial charge in [-0.15, -0.1) is 0 Å². The topological polar surface area (TPSA) is 29.9 Å². The van der Waals surface area contributed by atoms with E-state index in [2.05, 4.69) is 62.6 Å². The van der Waals surface area contributed by atoms with E-state index >= 15 is 0 Å². The first-order chi connectivity index (χ1) is 7.84. The lowest BCUT2D eigenvalue weighted by Crippen LogP contribution is -2.23. The first-order valence-electron chi connectivity index (χ1n) is 6.62. The number of anilines is 1. The minimum Gasteiger partial charge on any atom is -0.356 e. The summed E-state index contributed by atoms with van der Waals surface area (Å²) in [6, 6.07) is 0. The van der Waals surface area contributed by atoms with Gasteiger partial charge in [-0.05, 0) is 24.7 Å². The molecule has 0 saturated heterocycles. The Balaban J connectivity index is 2.76. The van der Waals surface area contributed by atoms with Crippen molar-refractivity contribution in [1.82, 2.24) is 9.55 Å². The molecule has 1 aromatic heterocycles. The third-order valence-corrected chi connectivity index (χ3v) is 3.38. The van der Waals surface area contributed by atoms with E-state index in [9.17, 15) is 0 Å². The highest BCUT2D eigenvalue weighted by molar-refractivity contribution is 5.28. The summed E-state index contributed by atoms with van der Waals surface area (Å²) in [7, 11) is 0. The summed E-state index contributed by atoms with van der Waals surface area (Å²) in [5.41, 5.74) is 1.42. The van der Waals surface area contributed by atoms with E-state index in [1.54, 1.807) is 0 Å². The van der Waals surface area contributed by atoms with Gasteiger partial charge in [0, 0.05) is 19.3 Å². The number of hydrogen-bond acceptors (Lipinski definition) is 2. The van der Waals surface area contributed by atoms with Gasteiger partial charge in [0.05, 0.1) is 5.69 Å². The van der Waals surface area contributed by atoms with Crippen molar-refractivity contribution in [2.45, 2.75) is 54.5 Å². The van der Waals surface area contributed by atoms with Gasteiger partial charge >= 0.3 is 0 Å². The fourth-order valence-corrected chi connectivity index (χ4v) is 1.63. The average molecular weight is 237 g/mol. The van der Waals surface area contributed by atoms with Crippen molar-refractivity contribution >= 4 is 5.95 Å². The van der Waals surface area contributed by atoms with Gasteiger partial charge in [0.1, 0.15) is 0 Å². The molecule has 98 valence electrons. The number of nitrogens with one attached hydrogen (secondary N) is 1. The molecule has 0 aliphatic rings. The van der Waals surface area contributed by atoms with Crippen LogP contribution in [0.5, 0.6) is 0 Å². The van der Waals surface area contributed by atoms with Crippen LogP contribution in [0.3, 0.4) is 0 Å². The normalized spacial score (nSPS) is 13.8. The molecule has 1 rings (SSSR count). The van der Waals surface area contributed by atoms with Crippen molar-refractivity contribution in [2.24, 2.45) is 11.3 Å². The fraction of sp³-hybridized carbons (Fsp3) is 0.786. The quantitative estimate of drug-likeness (QED) is 0.846. The maximum absolute atomic E-state index is 4.54. The van der Waals surface area contributed by atoms with E-state index in [4.69, 9.17) is 0 Å². The highest BCUT2D eigenvalue weighted by Gasteiger charge is 2.21. The number of rotatable bonds is 5. The summed E-state index contributed by atoms with van der Waals surface area (Å²) >= 11 is 0. The summed E-state index contributed by atoms with van der Waals surface area (Å²) in [6.07, 6.45) is 3.26. The van der Waals surface area contributed by atoms with Crippen LogP contribution < -0.4 is 5.32 Å². The Hall–Kier alpha value is -0.990. The third-order valence-electron chi connectivity index (χ3n) is 3.38. The maximum atomic E-state index is 4.54. The lowest BCUT2D eigenvalue weighted by molar-refractivity contribution is 0.233. The summed E-state index contributed by atoms with van der Waals surface area (Å²) < 4.78 is 2.25. The smallest absolute Gasteiger partial charge is 0.203 e. The number of aryl methyl sites for hydroxylation is 1. The maximum Gasteiger partial charge on any atom is 0.203 e. The zero-order valence-electron chi connectivity index (χ0n) is 12.2. The molecule has 3 nitrogen and oxygen atoms in total. The molecule has 0 fully saturated rings. The molecular formula is C14H27N3. The SMILES string of the molecule is CCCNc1nc(C)cn1CC(C)C(C)(C)C. The molecule has 0 radical (unpaired) electrons. The highest BCUT2D eigenvalue weighted by Crippen LogP contribution is 2.27. The van der Waals surface area contributed by atoms with Crippen molar-refractivity contribution in [1.29, 1.82) is 0 Å². The van der Waals surface area contributed by atoms with Crippen LogP contribution in [0.1, 0.15) is 46.7 Å². The first kappa shape index (κ1) is 14.1. The van der Waals surface area contributed by atoms with E-state index in [0.717, 1.165) is 31.2 Å². The Kier molecular flexibility index (Phi) is 4.61. The van der Waals surface area contributed by atoms with Crippen molar-refractivity contribution in [2.75, 3.05) is 11.9 Å². The molecule has 3 heteroatoms. The van der Waals surface area contributed by atoms with Crippen LogP contribution in [-0.4, -0.2) is 16.1 Å². The standard InChI is InChI=1S/C14H27N3/c1-7-8-15-13-16-12(3)10-17(13)9-11(2)14(4,5)6/h10-11H,7-9H2,1-6H3,(H,15,16). The number of imidazole rings is 1. The second kappa shape index (κ2) is 5.56. The van der Waals surface area contributed by atoms with Crippen LogP contribution in [0.25, 0.3) is 0 Å². The Morgan fingerprint density at radius 3 is 2.59 bits per heavy atom. The predicted octanol–water partition coefficient (Wildman–Crippen LogP) is 3.70. The van der Waals surface area contributed by atoms with Gasteiger partial charge in [-0.1, -0.05) is 34.6 Å². The van der Waals surface area contributed by atoms with Crippen molar-refractivity contribution in [3.8, 4) is 0 Å². The Labute approximate surface area is 106 Å². The largest absolute Gasteiger partial charge is 0.356 e. The van der Waals surface area contributed by atoms with Gasteiger partial charge in [0.15, 0.2) is 0 Å². The zero-order chi connectivity index (χ0) is 13.1. The van der Waals surface area contributed by atoms with E-state index in [1.165, 1.54) is 0 Å². The van der Waals surface area contributed by atoms with Crippen LogP contribution in [0.15, 0.2) is 6.20 Å². The van der Waals surface area contributed by atoms with Gasteiger partial charge in [-0.3, -0.25) is 0 Å². The Morgan fingerprint density at radius 2 is 2.06 bits per heavy atom. The average Bonchev–Trinajstić information content (AvgIpc) is 2.54. The Bertz CT molecular complexity index is 347. The Morgan fingerprint density at radius 1 is 1.41 bits per heavy atom. The van der Waals surface area contributed by atoms with E-state index < -0.39 is 0 Å². The second-order valence-corrected chi connectivity index (χ2v) is 6.05. The monoisotopic (exact) mass is 237 g/mol. The van der Waals surface area contributed by atoms with Gasteiger partial charge in [-0.2, -0.15) is 0 Å². The summed E-state index contributed by atoms with van der Waals surface area (Å²) in [4.78, 5) is 4.54. The summed E-state index contributed by atoms with van der Waals surface area (Å²) in [5, 5.41) is 3.39. The number of hydrogen-bond donors (Lipinski definition) is 1. The molecule has 17 heavy (non-hydrogen) atoms. The van der Waals surface area contributed by atoms with Crippen molar-refractivity contribution < 1.29 is 0 Å². The van der Waals surface area contributed by atoms with E-state index in [-0.39, 0.29) is 0 Å². The summed E-state index contributed by atoms with van der Waals surface area (Å²) in [6.45, 7) is 15.4. The molecule has 1 heterocycles. The van der Waals surface area contributed by atoms with Crippen molar-refractivity contribution in [3.63, 3.8) is 0 Å². The molecular weight excluding hydrogens is 210 g/mol. The van der Waals surface area contributed by atoms with Crippen LogP contribution in [0.4, 0.5) is 5.95 Å². The van der Waals surface area contributed by atoms with Crippen LogP contribution in [0, 0.1) is 18.3 Å². The van der Waals surface area contributed by atoms with Gasteiger partial charge in [0.2, 0.25) is 5.95 Å². The molecule has 1 N–H and O–H groups in total. The first-order valence-corrected chi connectivity index (χ1v) is 6.62. The lowest BCUT2D eigenvalue weighted by Gasteiger charge is -2.28. The highest BCUT2D eigenvalue weighted by atomic mass is 15.2. The summed E-state index contributed by atoms with van der Waals surface area (Å²) in [5.74, 6) is 1.64. The second-order valence-electron chi connectivity index (χ2n) is 6.05. The fourth-order valence-electron chi connectivity index (χ4n) is 1.63. The van der Waals surface area contributed by atoms with Crippen LogP contribution in [0.2, 0.25) is 0 Å². The molecule has 0 aromatic carbocycles. The number of nitrogens with zero attached hydrogens (tertiary/aromatic N) is 2. The lowest BCUT2D eigenvalue weighted by atomic mass is 9.82. The molecule has 0 aliphatic carbocycles. The van der Waals surface area contributed by atoms with E-state index in [1.807, 2.05) is 0 Å². The molecule has 0 aliphatic heterocycles. The molecule has 1 aromatic rings. The van der Waals surface area contributed by atoms with E-state index in [0.29, 0.717) is 11.3 Å². The third kappa shape index (κ3) is 4.06. The van der Waals surface area contributed by atoms with Crippen LogP contribution in [-0.2, 0) is 6.54 Å². The van der Waals surface area contributed by atoms with Gasteiger partial charge < -0.3 is 9.88 Å². The van der Waals surface area contributed by atoms with Crippen LogP contribution >= 0.6 is 0 Å².